The molecule has 1 saturated carbocycles. The predicted molar refractivity (Wildman–Crippen MR) is 71.1 cm³/mol. The molecule has 0 amide bonds. The molecule has 1 aromatic rings. The van der Waals surface area contributed by atoms with Crippen LogP contribution in [0.15, 0.2) is 0 Å². The summed E-state index contributed by atoms with van der Waals surface area (Å²) in [6.45, 7) is 12.0. The maximum Gasteiger partial charge on any atom is 0.168 e. The highest BCUT2D eigenvalue weighted by molar-refractivity contribution is 5.00. The highest BCUT2D eigenvalue weighted by Crippen LogP contribution is 2.44. The molecular formula is C13H25N5. The van der Waals surface area contributed by atoms with Gasteiger partial charge in [-0.3, -0.25) is 0 Å². The fraction of sp³-hybridized carbons (Fsp3) is 0.923. The minimum absolute atomic E-state index is 0.0343. The van der Waals surface area contributed by atoms with Gasteiger partial charge in [-0.05, 0) is 62.4 Å². The first-order valence-electron chi connectivity index (χ1n) is 6.95. The number of tetrazole rings is 1. The molecule has 1 aliphatic rings. The van der Waals surface area contributed by atoms with Crippen LogP contribution in [0.2, 0.25) is 0 Å². The van der Waals surface area contributed by atoms with Gasteiger partial charge in [0.05, 0.1) is 11.6 Å². The van der Waals surface area contributed by atoms with Crippen molar-refractivity contribution in [2.24, 2.45) is 11.8 Å². The van der Waals surface area contributed by atoms with E-state index in [1.54, 1.807) is 0 Å². The highest BCUT2D eigenvalue weighted by Gasteiger charge is 2.41. The quantitative estimate of drug-likeness (QED) is 0.841. The molecule has 1 aliphatic carbocycles. The van der Waals surface area contributed by atoms with Crippen LogP contribution in [0.25, 0.3) is 0 Å². The molecule has 0 saturated heterocycles. The summed E-state index contributed by atoms with van der Waals surface area (Å²) >= 11 is 0. The molecule has 0 aromatic carbocycles. The topological polar surface area (TPSA) is 55.6 Å². The SMILES string of the molecule is CC(C)CNC(C)c1nnnn1C(C)(C)C1CC1. The molecule has 18 heavy (non-hydrogen) atoms. The van der Waals surface area contributed by atoms with Crippen molar-refractivity contribution in [3.05, 3.63) is 5.82 Å². The van der Waals surface area contributed by atoms with Crippen molar-refractivity contribution in [2.45, 2.75) is 59.0 Å². The number of hydrogen-bond acceptors (Lipinski definition) is 4. The van der Waals surface area contributed by atoms with Gasteiger partial charge in [0.25, 0.3) is 0 Å². The molecule has 0 bridgehead atoms. The molecule has 1 heterocycles. The Hall–Kier alpha value is -0.970. The van der Waals surface area contributed by atoms with Crippen molar-refractivity contribution >= 4 is 0 Å². The minimum Gasteiger partial charge on any atom is -0.307 e. The van der Waals surface area contributed by atoms with E-state index in [4.69, 9.17) is 0 Å². The van der Waals surface area contributed by atoms with E-state index in [1.807, 2.05) is 4.68 Å². The summed E-state index contributed by atoms with van der Waals surface area (Å²) in [7, 11) is 0. The van der Waals surface area contributed by atoms with Gasteiger partial charge >= 0.3 is 0 Å². The Kier molecular flexibility index (Phi) is 3.71. The van der Waals surface area contributed by atoms with Crippen LogP contribution in [-0.2, 0) is 5.54 Å². The number of nitrogens with one attached hydrogen (secondary N) is 1. The summed E-state index contributed by atoms with van der Waals surface area (Å²) in [4.78, 5) is 0. The number of aromatic nitrogens is 4. The van der Waals surface area contributed by atoms with Crippen molar-refractivity contribution in [3.8, 4) is 0 Å². The molecule has 5 nitrogen and oxygen atoms in total. The van der Waals surface area contributed by atoms with E-state index in [-0.39, 0.29) is 11.6 Å². The first-order valence-corrected chi connectivity index (χ1v) is 6.95. The van der Waals surface area contributed by atoms with Gasteiger partial charge in [0.15, 0.2) is 5.82 Å². The summed E-state index contributed by atoms with van der Waals surface area (Å²) in [5.74, 6) is 2.30. The third-order valence-corrected chi connectivity index (χ3v) is 3.84. The Bertz CT molecular complexity index is 392. The Morgan fingerprint density at radius 1 is 1.33 bits per heavy atom. The van der Waals surface area contributed by atoms with Gasteiger partial charge in [-0.1, -0.05) is 13.8 Å². The van der Waals surface area contributed by atoms with Crippen LogP contribution in [-0.4, -0.2) is 26.8 Å². The Labute approximate surface area is 109 Å². The summed E-state index contributed by atoms with van der Waals surface area (Å²) in [5, 5.41) is 15.8. The van der Waals surface area contributed by atoms with Gasteiger partial charge in [0, 0.05) is 0 Å². The zero-order chi connectivity index (χ0) is 13.3. The van der Waals surface area contributed by atoms with E-state index in [1.165, 1.54) is 12.8 Å². The van der Waals surface area contributed by atoms with E-state index >= 15 is 0 Å². The van der Waals surface area contributed by atoms with Crippen LogP contribution in [0.1, 0.15) is 59.3 Å². The van der Waals surface area contributed by atoms with Crippen molar-refractivity contribution < 1.29 is 0 Å². The first-order chi connectivity index (χ1) is 8.43. The average molecular weight is 251 g/mol. The maximum atomic E-state index is 4.21. The highest BCUT2D eigenvalue weighted by atomic mass is 15.6. The molecule has 1 atom stereocenters. The standard InChI is InChI=1S/C13H25N5/c1-9(2)8-14-10(3)12-15-16-17-18(12)13(4,5)11-6-7-11/h9-11,14H,6-8H2,1-5H3. The molecule has 1 unspecified atom stereocenters. The van der Waals surface area contributed by atoms with Gasteiger partial charge in [-0.25, -0.2) is 4.68 Å². The van der Waals surface area contributed by atoms with Gasteiger partial charge < -0.3 is 5.32 Å². The van der Waals surface area contributed by atoms with Crippen LogP contribution in [0.4, 0.5) is 0 Å². The molecule has 0 spiro atoms. The molecule has 5 heteroatoms. The first kappa shape index (κ1) is 13.5. The fourth-order valence-electron chi connectivity index (χ4n) is 2.34. The zero-order valence-corrected chi connectivity index (χ0v) is 12.1. The van der Waals surface area contributed by atoms with Crippen molar-refractivity contribution in [2.75, 3.05) is 6.54 Å². The van der Waals surface area contributed by atoms with Crippen LogP contribution in [0.3, 0.4) is 0 Å². The Morgan fingerprint density at radius 2 is 2.00 bits per heavy atom. The Morgan fingerprint density at radius 3 is 2.56 bits per heavy atom. The smallest absolute Gasteiger partial charge is 0.168 e. The molecule has 0 aliphatic heterocycles. The number of nitrogens with zero attached hydrogens (tertiary/aromatic N) is 4. The van der Waals surface area contributed by atoms with E-state index in [9.17, 15) is 0 Å². The van der Waals surface area contributed by atoms with Crippen LogP contribution >= 0.6 is 0 Å². The maximum absolute atomic E-state index is 4.21. The monoisotopic (exact) mass is 251 g/mol. The minimum atomic E-state index is 0.0343. The Balaban J connectivity index is 2.11. The summed E-state index contributed by atoms with van der Waals surface area (Å²) in [6, 6.07) is 0.195. The summed E-state index contributed by atoms with van der Waals surface area (Å²) < 4.78 is 2.02. The van der Waals surface area contributed by atoms with Crippen LogP contribution < -0.4 is 5.32 Å². The second-order valence-corrected chi connectivity index (χ2v) is 6.40. The van der Waals surface area contributed by atoms with E-state index in [2.05, 4.69) is 55.5 Å². The van der Waals surface area contributed by atoms with Crippen molar-refractivity contribution in [3.63, 3.8) is 0 Å². The molecule has 1 fully saturated rings. The molecule has 2 rings (SSSR count). The lowest BCUT2D eigenvalue weighted by Crippen LogP contribution is -2.35. The molecule has 1 aromatic heterocycles. The predicted octanol–water partition coefficient (Wildman–Crippen LogP) is 2.12. The summed E-state index contributed by atoms with van der Waals surface area (Å²) in [5.41, 5.74) is 0.0343. The van der Waals surface area contributed by atoms with Gasteiger partial charge in [-0.2, -0.15) is 0 Å². The van der Waals surface area contributed by atoms with Gasteiger partial charge in [-0.15, -0.1) is 5.10 Å². The third-order valence-electron chi connectivity index (χ3n) is 3.84. The lowest BCUT2D eigenvalue weighted by atomic mass is 9.98. The normalized spacial score (nSPS) is 18.3. The second kappa shape index (κ2) is 4.96. The number of hydrogen-bond donors (Lipinski definition) is 1. The van der Waals surface area contributed by atoms with Crippen molar-refractivity contribution in [1.29, 1.82) is 0 Å². The van der Waals surface area contributed by atoms with Gasteiger partial charge in [0.2, 0.25) is 0 Å². The molecule has 1 N–H and O–H groups in total. The fourth-order valence-corrected chi connectivity index (χ4v) is 2.34. The summed E-state index contributed by atoms with van der Waals surface area (Å²) in [6.07, 6.45) is 2.58. The molecule has 0 radical (unpaired) electrons. The third kappa shape index (κ3) is 2.71. The van der Waals surface area contributed by atoms with E-state index < -0.39 is 0 Å². The second-order valence-electron chi connectivity index (χ2n) is 6.40. The van der Waals surface area contributed by atoms with Crippen LogP contribution in [0.5, 0.6) is 0 Å². The molecule has 102 valence electrons. The zero-order valence-electron chi connectivity index (χ0n) is 12.1. The van der Waals surface area contributed by atoms with E-state index in [0.717, 1.165) is 18.3 Å². The molecular weight excluding hydrogens is 226 g/mol. The average Bonchev–Trinajstić information content (AvgIpc) is 3.04. The largest absolute Gasteiger partial charge is 0.307 e. The lowest BCUT2D eigenvalue weighted by molar-refractivity contribution is 0.251. The van der Waals surface area contributed by atoms with E-state index in [0.29, 0.717) is 5.92 Å². The number of rotatable bonds is 6. The lowest BCUT2D eigenvalue weighted by Gasteiger charge is -2.27. The van der Waals surface area contributed by atoms with Crippen molar-refractivity contribution in [1.82, 2.24) is 25.5 Å². The van der Waals surface area contributed by atoms with Crippen LogP contribution in [0, 0.1) is 11.8 Å². The van der Waals surface area contributed by atoms with Gasteiger partial charge in [0.1, 0.15) is 0 Å².